The van der Waals surface area contributed by atoms with Crippen LogP contribution in [0.1, 0.15) is 33.4 Å². The summed E-state index contributed by atoms with van der Waals surface area (Å²) in [6.07, 6.45) is 0. The Hall–Kier alpha value is -10.2. The molecule has 14 aromatic carbocycles. The van der Waals surface area contributed by atoms with E-state index < -0.39 is 15.0 Å². The quantitative estimate of drug-likeness (QED) is 0.0836. The van der Waals surface area contributed by atoms with Gasteiger partial charge in [0.05, 0.1) is 48.9 Å². The predicted octanol–water partition coefficient (Wildman–Crippen LogP) is 20.9. The Morgan fingerprint density at radius 3 is 0.670 bits per heavy atom. The van der Waals surface area contributed by atoms with Gasteiger partial charge in [-0.2, -0.15) is 10.2 Å². The van der Waals surface area contributed by atoms with Crippen LogP contribution in [-0.4, -0.2) is 0 Å². The summed E-state index contributed by atoms with van der Waals surface area (Å²) >= 11 is 0. The smallest absolute Gasteiger partial charge is 0.258 e. The maximum absolute atomic E-state index is 7.54. The Bertz CT molecular complexity index is 4520. The van der Waals surface area contributed by atoms with Crippen molar-refractivity contribution in [1.29, 1.82) is 0 Å². The van der Waals surface area contributed by atoms with Crippen LogP contribution in [0.25, 0.3) is 65.3 Å². The molecular formula is C82H68N7P2+. The van der Waals surface area contributed by atoms with Gasteiger partial charge in [-0.25, -0.2) is 0 Å². The van der Waals surface area contributed by atoms with E-state index in [4.69, 9.17) is 14.3 Å². The summed E-state index contributed by atoms with van der Waals surface area (Å²) in [6.45, 7) is 3.14. The minimum atomic E-state index is -3.70. The van der Waals surface area contributed by atoms with E-state index in [2.05, 4.69) is 346 Å². The van der Waals surface area contributed by atoms with Crippen molar-refractivity contribution in [1.82, 2.24) is 14.3 Å². The molecule has 7 nitrogen and oxygen atoms in total. The van der Waals surface area contributed by atoms with E-state index in [1.807, 2.05) is 0 Å². The van der Waals surface area contributed by atoms with Gasteiger partial charge < -0.3 is 0 Å². The summed E-state index contributed by atoms with van der Waals surface area (Å²) in [6, 6.07) is 122. The van der Waals surface area contributed by atoms with Gasteiger partial charge in [0.1, 0.15) is 0 Å². The lowest BCUT2D eigenvalue weighted by Crippen LogP contribution is -2.43. The lowest BCUT2D eigenvalue weighted by atomic mass is 9.90. The summed E-state index contributed by atoms with van der Waals surface area (Å²) in [5, 5.41) is 18.9. The number of rotatable bonds is 14. The molecule has 0 spiro atoms. The third-order valence-electron chi connectivity index (χ3n) is 18.2. The van der Waals surface area contributed by atoms with E-state index >= 15 is 0 Å². The molecule has 0 unspecified atom stereocenters. The van der Waals surface area contributed by atoms with Crippen LogP contribution in [0.3, 0.4) is 0 Å². The fraction of sp³-hybridized carbons (Fsp3) is 0.0732. The zero-order valence-corrected chi connectivity index (χ0v) is 52.3. The van der Waals surface area contributed by atoms with E-state index in [0.29, 0.717) is 39.3 Å². The van der Waals surface area contributed by atoms with Crippen LogP contribution < -0.4 is 33.0 Å². The van der Waals surface area contributed by atoms with Crippen molar-refractivity contribution in [3.05, 3.63) is 361 Å². The lowest BCUT2D eigenvalue weighted by molar-refractivity contribution is 0.868. The highest BCUT2D eigenvalue weighted by Gasteiger charge is 2.56. The van der Waals surface area contributed by atoms with Gasteiger partial charge in [-0.3, -0.25) is 18.7 Å². The van der Waals surface area contributed by atoms with Gasteiger partial charge in [0.25, 0.3) is 0 Å². The molecule has 16 rings (SSSR count). The van der Waals surface area contributed by atoms with Crippen LogP contribution in [0.4, 0.5) is 22.7 Å². The molecule has 0 amide bonds. The summed E-state index contributed by atoms with van der Waals surface area (Å²) in [4.78, 5) is 0. The SMILES string of the molecule is c1ccc(CNP2(=[N+]=P3(NCc4ccccc4)N(Cc4ccccc4)c4ccc5ccccc5c4-c4c(ccc5ccccc45)N3Cc3ccccc3)N(Cc3ccccc3)c3ccc4ccccc4c3-c3c(ccc4ccccc34)N2Cc2ccccc2)cc1. The van der Waals surface area contributed by atoms with Crippen LogP contribution in [0, 0.1) is 0 Å². The number of benzene rings is 14. The second-order valence-corrected chi connectivity index (χ2v) is 29.3. The Morgan fingerprint density at radius 1 is 0.220 bits per heavy atom. The largest absolute Gasteiger partial charge is 0.482 e. The summed E-state index contributed by atoms with van der Waals surface area (Å²) in [5.74, 6) is 0. The predicted molar refractivity (Wildman–Crippen MR) is 387 cm³/mol. The lowest BCUT2D eigenvalue weighted by Gasteiger charge is -2.40. The Kier molecular flexibility index (Phi) is 15.0. The molecule has 0 saturated heterocycles. The standard InChI is InChI=1S/C82H67N7P2/c1-7-27-61(28-8-1)55-83-90(86(57-63-31-11-3-12-32-63)75-51-47-67-39-19-23-43-71(67)79(75)80-72-44-24-20-40-68(72)48-52-76(80)87(90)58-64-33-13-4-14-34-64)85-91(84-56-62-29-9-2-10-30-62)88(59-65-35-15-5-16-36-65)77-53-49-69-41-21-25-45-73(69)81(77)82-74-46-26-22-42-70(74)50-54-78(82)89(91)60-66-37-17-6-18-38-66/h1-54H,55-60H2,(H,83,84,85)/p+1. The molecule has 0 saturated carbocycles. The van der Waals surface area contributed by atoms with Crippen molar-refractivity contribution in [2.75, 3.05) is 18.7 Å². The molecule has 0 fully saturated rings. The third-order valence-corrected chi connectivity index (χ3v) is 25.5. The van der Waals surface area contributed by atoms with Gasteiger partial charge in [0.15, 0.2) is 0 Å². The average Bonchev–Trinajstić information content (AvgIpc) is 1.60. The van der Waals surface area contributed by atoms with Gasteiger partial charge in [-0.05, 0) is 105 Å². The van der Waals surface area contributed by atoms with E-state index in [1.54, 1.807) is 0 Å². The topological polar surface area (TPSA) is 51.1 Å². The van der Waals surface area contributed by atoms with Gasteiger partial charge in [0, 0.05) is 35.3 Å². The molecule has 2 heterocycles. The normalized spacial score (nSPS) is 13.9. The first-order chi connectivity index (χ1) is 45.1. The molecule has 0 aromatic heterocycles. The number of nitrogens with zero attached hydrogens (tertiary/aromatic N) is 5. The van der Waals surface area contributed by atoms with Crippen molar-refractivity contribution in [3.8, 4) is 22.3 Å². The van der Waals surface area contributed by atoms with Gasteiger partial charge >= 0.3 is 15.0 Å². The molecule has 0 bridgehead atoms. The molecule has 0 aliphatic carbocycles. The monoisotopic (exact) mass is 1210 g/mol. The van der Waals surface area contributed by atoms with E-state index in [-0.39, 0.29) is 0 Å². The zero-order valence-electron chi connectivity index (χ0n) is 50.6. The molecule has 0 radical (unpaired) electrons. The molecule has 0 atom stereocenters. The molecule has 2 N–H and O–H groups in total. The first-order valence-electron chi connectivity index (χ1n) is 31.6. The summed E-state index contributed by atoms with van der Waals surface area (Å²) < 4.78 is 18.6. The maximum Gasteiger partial charge on any atom is 0.482 e. The van der Waals surface area contributed by atoms with Crippen molar-refractivity contribution >= 4 is 80.9 Å². The number of fused-ring (bicyclic) bond motifs is 14. The van der Waals surface area contributed by atoms with Gasteiger partial charge in [-0.15, -0.1) is 0 Å². The highest BCUT2D eigenvalue weighted by Crippen LogP contribution is 2.69. The van der Waals surface area contributed by atoms with Crippen molar-refractivity contribution in [3.63, 3.8) is 0 Å². The van der Waals surface area contributed by atoms with E-state index in [1.165, 1.54) is 98.7 Å². The molecule has 440 valence electrons. The summed E-state index contributed by atoms with van der Waals surface area (Å²) in [7, 11) is -7.41. The van der Waals surface area contributed by atoms with Crippen LogP contribution in [0.5, 0.6) is 0 Å². The second-order valence-electron chi connectivity index (χ2n) is 23.8. The highest BCUT2D eigenvalue weighted by molar-refractivity contribution is 7.74. The Balaban J connectivity index is 1.21. The molecular weight excluding hydrogens is 1140 g/mol. The second kappa shape index (κ2) is 24.3. The first-order valence-corrected chi connectivity index (χ1v) is 34.8. The number of hydrogen-bond acceptors (Lipinski definition) is 0. The van der Waals surface area contributed by atoms with Crippen LogP contribution in [0.15, 0.2) is 328 Å². The Labute approximate surface area is 533 Å². The van der Waals surface area contributed by atoms with Crippen LogP contribution >= 0.6 is 15.0 Å². The molecule has 2 aliphatic rings. The van der Waals surface area contributed by atoms with Crippen LogP contribution in [0.2, 0.25) is 0 Å². The fourth-order valence-electron chi connectivity index (χ4n) is 13.9. The molecule has 14 aromatic rings. The molecule has 91 heavy (non-hydrogen) atoms. The van der Waals surface area contributed by atoms with Crippen molar-refractivity contribution < 1.29 is 0 Å². The summed E-state index contributed by atoms with van der Waals surface area (Å²) in [5.41, 5.74) is 16.3. The number of nitrogens with one attached hydrogen (secondary N) is 2. The number of anilines is 4. The highest BCUT2D eigenvalue weighted by atomic mass is 31.2. The molecule has 2 aliphatic heterocycles. The van der Waals surface area contributed by atoms with E-state index in [9.17, 15) is 0 Å². The number of hydrogen-bond donors (Lipinski definition) is 2. The third kappa shape index (κ3) is 10.4. The first kappa shape index (κ1) is 56.1. The van der Waals surface area contributed by atoms with Gasteiger partial charge in [0.2, 0.25) is 0 Å². The van der Waals surface area contributed by atoms with Crippen molar-refractivity contribution in [2.45, 2.75) is 39.3 Å². The fourth-order valence-corrected chi connectivity index (χ4v) is 22.7. The Morgan fingerprint density at radius 2 is 0.429 bits per heavy atom. The van der Waals surface area contributed by atoms with Gasteiger partial charge in [-0.1, -0.05) is 303 Å². The minimum absolute atomic E-state index is 0.513. The average molecular weight is 1210 g/mol. The zero-order chi connectivity index (χ0) is 60.6. The van der Waals surface area contributed by atoms with Crippen LogP contribution in [-0.2, 0) is 39.3 Å². The van der Waals surface area contributed by atoms with E-state index in [0.717, 1.165) is 22.7 Å². The minimum Gasteiger partial charge on any atom is -0.258 e. The maximum atomic E-state index is 7.54. The van der Waals surface area contributed by atoms with Crippen molar-refractivity contribution in [2.24, 2.45) is 0 Å². The molecule has 9 heteroatoms.